The SMILES string of the molecule is C/C=N\S(=O)(=O)Cc1ccc2c(c1)c(C)cn2C. The van der Waals surface area contributed by atoms with E-state index in [1.54, 1.807) is 6.92 Å². The maximum absolute atomic E-state index is 11.6. The molecule has 0 saturated heterocycles. The molecule has 5 heteroatoms. The van der Waals surface area contributed by atoms with Gasteiger partial charge >= 0.3 is 0 Å². The van der Waals surface area contributed by atoms with Gasteiger partial charge in [0.25, 0.3) is 10.0 Å². The van der Waals surface area contributed by atoms with E-state index in [1.807, 2.05) is 42.9 Å². The molecule has 2 aromatic rings. The predicted molar refractivity (Wildman–Crippen MR) is 74.4 cm³/mol. The number of fused-ring (bicyclic) bond motifs is 1. The highest BCUT2D eigenvalue weighted by Crippen LogP contribution is 2.22. The minimum atomic E-state index is -3.40. The van der Waals surface area contributed by atoms with E-state index in [1.165, 1.54) is 6.21 Å². The van der Waals surface area contributed by atoms with E-state index in [0.29, 0.717) is 0 Å². The van der Waals surface area contributed by atoms with Gasteiger partial charge in [-0.2, -0.15) is 4.40 Å². The van der Waals surface area contributed by atoms with Crippen molar-refractivity contribution < 1.29 is 8.42 Å². The van der Waals surface area contributed by atoms with E-state index < -0.39 is 10.0 Å². The summed E-state index contributed by atoms with van der Waals surface area (Å²) >= 11 is 0. The lowest BCUT2D eigenvalue weighted by atomic mass is 10.1. The van der Waals surface area contributed by atoms with Crippen LogP contribution in [0.4, 0.5) is 0 Å². The topological polar surface area (TPSA) is 51.4 Å². The van der Waals surface area contributed by atoms with E-state index in [2.05, 4.69) is 4.40 Å². The Morgan fingerprint density at radius 1 is 1.39 bits per heavy atom. The molecule has 0 atom stereocenters. The van der Waals surface area contributed by atoms with Crippen LogP contribution < -0.4 is 0 Å². The maximum atomic E-state index is 11.6. The summed E-state index contributed by atoms with van der Waals surface area (Å²) in [5, 5.41) is 1.09. The lowest BCUT2D eigenvalue weighted by Gasteiger charge is -2.02. The first kappa shape index (κ1) is 12.8. The maximum Gasteiger partial charge on any atom is 0.256 e. The third kappa shape index (κ3) is 2.46. The van der Waals surface area contributed by atoms with Gasteiger partial charge in [0.1, 0.15) is 0 Å². The molecular weight excluding hydrogens is 248 g/mol. The lowest BCUT2D eigenvalue weighted by Crippen LogP contribution is -2.00. The molecule has 0 radical (unpaired) electrons. The Labute approximate surface area is 107 Å². The van der Waals surface area contributed by atoms with Crippen LogP contribution in [-0.2, 0) is 22.8 Å². The zero-order valence-corrected chi connectivity index (χ0v) is 11.5. The van der Waals surface area contributed by atoms with Gasteiger partial charge < -0.3 is 4.57 Å². The first-order valence-electron chi connectivity index (χ1n) is 5.70. The highest BCUT2D eigenvalue weighted by atomic mass is 32.2. The standard InChI is InChI=1S/C13H16N2O2S/c1-4-14-18(16,17)9-11-5-6-13-12(7-11)10(2)8-15(13)3/h4-8H,9H2,1-3H3/b14-4-. The van der Waals surface area contributed by atoms with Crippen LogP contribution in [0.3, 0.4) is 0 Å². The van der Waals surface area contributed by atoms with Crippen LogP contribution in [0, 0.1) is 6.92 Å². The van der Waals surface area contributed by atoms with E-state index >= 15 is 0 Å². The molecule has 0 fully saturated rings. The Morgan fingerprint density at radius 2 is 2.11 bits per heavy atom. The summed E-state index contributed by atoms with van der Waals surface area (Å²) in [6.07, 6.45) is 3.34. The summed E-state index contributed by atoms with van der Waals surface area (Å²) in [5.41, 5.74) is 3.01. The quantitative estimate of drug-likeness (QED) is 0.799. The zero-order valence-electron chi connectivity index (χ0n) is 10.7. The number of hydrogen-bond donors (Lipinski definition) is 0. The Morgan fingerprint density at radius 3 is 2.78 bits per heavy atom. The van der Waals surface area contributed by atoms with Gasteiger partial charge in [0.05, 0.1) is 5.75 Å². The molecule has 0 aliphatic rings. The third-order valence-electron chi connectivity index (χ3n) is 2.87. The Kier molecular flexibility index (Phi) is 3.26. The molecule has 0 aliphatic carbocycles. The van der Waals surface area contributed by atoms with Crippen LogP contribution in [-0.4, -0.2) is 19.2 Å². The molecule has 1 aromatic carbocycles. The van der Waals surface area contributed by atoms with Gasteiger partial charge in [-0.1, -0.05) is 6.07 Å². The van der Waals surface area contributed by atoms with Crippen LogP contribution in [0.1, 0.15) is 18.1 Å². The summed E-state index contributed by atoms with van der Waals surface area (Å²) in [6.45, 7) is 3.62. The average molecular weight is 264 g/mol. The number of sulfonamides is 1. The van der Waals surface area contributed by atoms with Gasteiger partial charge in [-0.3, -0.25) is 0 Å². The average Bonchev–Trinajstić information content (AvgIpc) is 2.53. The molecule has 4 nitrogen and oxygen atoms in total. The van der Waals surface area contributed by atoms with Gasteiger partial charge in [-0.25, -0.2) is 8.42 Å². The van der Waals surface area contributed by atoms with E-state index in [4.69, 9.17) is 0 Å². The van der Waals surface area contributed by atoms with Crippen LogP contribution in [0.15, 0.2) is 28.8 Å². The van der Waals surface area contributed by atoms with E-state index in [9.17, 15) is 8.42 Å². The second-order valence-corrected chi connectivity index (χ2v) is 6.03. The van der Waals surface area contributed by atoms with Gasteiger partial charge in [-0.05, 0) is 37.1 Å². The minimum absolute atomic E-state index is 0.0540. The fourth-order valence-corrected chi connectivity index (χ4v) is 3.13. The number of benzene rings is 1. The normalized spacial score (nSPS) is 12.6. The number of aromatic nitrogens is 1. The van der Waals surface area contributed by atoms with Gasteiger partial charge in [-0.15, -0.1) is 0 Å². The van der Waals surface area contributed by atoms with Crippen molar-refractivity contribution in [2.24, 2.45) is 11.4 Å². The van der Waals surface area contributed by atoms with Crippen molar-refractivity contribution >= 4 is 27.1 Å². The monoisotopic (exact) mass is 264 g/mol. The Bertz CT molecular complexity index is 712. The van der Waals surface area contributed by atoms with Crippen molar-refractivity contribution in [3.8, 4) is 0 Å². The molecule has 0 aliphatic heterocycles. The van der Waals surface area contributed by atoms with Gasteiger partial charge in [0.15, 0.2) is 0 Å². The van der Waals surface area contributed by atoms with Crippen LogP contribution in [0.2, 0.25) is 0 Å². The van der Waals surface area contributed by atoms with E-state index in [-0.39, 0.29) is 5.75 Å². The molecule has 1 aromatic heterocycles. The van der Waals surface area contributed by atoms with Gasteiger partial charge in [0.2, 0.25) is 0 Å². The van der Waals surface area contributed by atoms with Gasteiger partial charge in [0, 0.05) is 30.4 Å². The fraction of sp³-hybridized carbons (Fsp3) is 0.308. The minimum Gasteiger partial charge on any atom is -0.350 e. The van der Waals surface area contributed by atoms with E-state index in [0.717, 1.165) is 22.0 Å². The first-order chi connectivity index (χ1) is 8.43. The van der Waals surface area contributed by atoms with Crippen LogP contribution in [0.25, 0.3) is 10.9 Å². The van der Waals surface area contributed by atoms with Crippen molar-refractivity contribution in [1.82, 2.24) is 4.57 Å². The molecule has 1 heterocycles. The fourth-order valence-electron chi connectivity index (χ4n) is 2.13. The molecule has 0 amide bonds. The van der Waals surface area contributed by atoms with Crippen LogP contribution in [0.5, 0.6) is 0 Å². The second kappa shape index (κ2) is 4.57. The largest absolute Gasteiger partial charge is 0.350 e. The summed E-state index contributed by atoms with van der Waals surface area (Å²) in [5.74, 6) is -0.0540. The van der Waals surface area contributed by atoms with Crippen molar-refractivity contribution in [1.29, 1.82) is 0 Å². The first-order valence-corrected chi connectivity index (χ1v) is 7.31. The third-order valence-corrected chi connectivity index (χ3v) is 4.10. The highest BCUT2D eigenvalue weighted by Gasteiger charge is 2.10. The smallest absolute Gasteiger partial charge is 0.256 e. The molecule has 0 bridgehead atoms. The summed E-state index contributed by atoms with van der Waals surface area (Å²) in [4.78, 5) is 0. The Balaban J connectivity index is 2.45. The summed E-state index contributed by atoms with van der Waals surface area (Å²) in [6, 6.07) is 5.71. The second-order valence-electron chi connectivity index (χ2n) is 4.36. The zero-order chi connectivity index (χ0) is 13.3. The molecule has 2 rings (SSSR count). The number of rotatable bonds is 3. The van der Waals surface area contributed by atoms with Crippen molar-refractivity contribution in [3.63, 3.8) is 0 Å². The summed E-state index contributed by atoms with van der Waals surface area (Å²) in [7, 11) is -1.42. The van der Waals surface area contributed by atoms with Crippen molar-refractivity contribution in [2.45, 2.75) is 19.6 Å². The number of hydrogen-bond acceptors (Lipinski definition) is 2. The lowest BCUT2D eigenvalue weighted by molar-refractivity contribution is 0.597. The molecule has 0 unspecified atom stereocenters. The molecule has 0 N–H and O–H groups in total. The highest BCUT2D eigenvalue weighted by molar-refractivity contribution is 7.89. The molecular formula is C13H16N2O2S. The number of aryl methyl sites for hydroxylation is 2. The predicted octanol–water partition coefficient (Wildman–Crippen LogP) is 2.41. The van der Waals surface area contributed by atoms with Crippen LogP contribution >= 0.6 is 0 Å². The molecule has 96 valence electrons. The Hall–Kier alpha value is -1.62. The van der Waals surface area contributed by atoms with Crippen molar-refractivity contribution in [3.05, 3.63) is 35.5 Å². The number of nitrogens with zero attached hydrogens (tertiary/aromatic N) is 2. The molecule has 0 saturated carbocycles. The molecule has 18 heavy (non-hydrogen) atoms. The summed E-state index contributed by atoms with van der Waals surface area (Å²) < 4.78 is 28.8. The van der Waals surface area contributed by atoms with Crippen molar-refractivity contribution in [2.75, 3.05) is 0 Å². The molecule has 0 spiro atoms.